The van der Waals surface area contributed by atoms with E-state index in [2.05, 4.69) is 60.6 Å². The molecule has 118 valence electrons. The van der Waals surface area contributed by atoms with E-state index in [1.54, 1.807) is 0 Å². The molecular weight excluding hydrogens is 262 g/mol. The third-order valence-electron chi connectivity index (χ3n) is 3.70. The lowest BCUT2D eigenvalue weighted by atomic mass is 10.2. The summed E-state index contributed by atoms with van der Waals surface area (Å²) < 4.78 is 0. The molecule has 1 aromatic carbocycles. The van der Waals surface area contributed by atoms with E-state index in [0.717, 1.165) is 25.2 Å². The fourth-order valence-corrected chi connectivity index (χ4v) is 2.15. The van der Waals surface area contributed by atoms with Crippen molar-refractivity contribution in [2.45, 2.75) is 46.6 Å². The van der Waals surface area contributed by atoms with Gasteiger partial charge in [-0.25, -0.2) is 0 Å². The molecule has 0 saturated heterocycles. The average molecular weight is 291 g/mol. The maximum atomic E-state index is 11.7. The second kappa shape index (κ2) is 9.27. The van der Waals surface area contributed by atoms with Gasteiger partial charge in [0.2, 0.25) is 5.91 Å². The van der Waals surface area contributed by atoms with Crippen LogP contribution in [0.5, 0.6) is 0 Å². The highest BCUT2D eigenvalue weighted by Crippen LogP contribution is 2.17. The van der Waals surface area contributed by atoms with E-state index in [4.69, 9.17) is 0 Å². The Kier molecular flexibility index (Phi) is 7.65. The van der Waals surface area contributed by atoms with Gasteiger partial charge in [0.25, 0.3) is 0 Å². The van der Waals surface area contributed by atoms with E-state index in [-0.39, 0.29) is 11.9 Å². The molecule has 1 atom stereocenters. The average Bonchev–Trinajstić information content (AvgIpc) is 2.49. The van der Waals surface area contributed by atoms with Gasteiger partial charge in [-0.15, -0.1) is 0 Å². The zero-order valence-electron chi connectivity index (χ0n) is 13.8. The number of benzene rings is 1. The molecule has 4 nitrogen and oxygen atoms in total. The minimum absolute atomic E-state index is 0.108. The van der Waals surface area contributed by atoms with Crippen LogP contribution in [0.4, 0.5) is 11.4 Å². The van der Waals surface area contributed by atoms with Gasteiger partial charge < -0.3 is 15.5 Å². The fourth-order valence-electron chi connectivity index (χ4n) is 2.15. The maximum Gasteiger partial charge on any atom is 0.221 e. The summed E-state index contributed by atoms with van der Waals surface area (Å²) in [5.41, 5.74) is 2.29. The molecule has 0 aliphatic rings. The molecule has 1 rings (SSSR count). The summed E-state index contributed by atoms with van der Waals surface area (Å²) >= 11 is 0. The molecule has 0 aliphatic heterocycles. The number of nitrogens with zero attached hydrogens (tertiary/aromatic N) is 1. The second-order valence-electron chi connectivity index (χ2n) is 5.27. The summed E-state index contributed by atoms with van der Waals surface area (Å²) in [7, 11) is 0. The highest BCUT2D eigenvalue weighted by Gasteiger charge is 2.05. The zero-order valence-corrected chi connectivity index (χ0v) is 13.8. The molecule has 1 aromatic rings. The van der Waals surface area contributed by atoms with Crippen molar-refractivity contribution < 1.29 is 4.79 Å². The normalized spacial score (nSPS) is 11.8. The summed E-state index contributed by atoms with van der Waals surface area (Å²) in [5.74, 6) is 0.108. The van der Waals surface area contributed by atoms with Gasteiger partial charge in [0.1, 0.15) is 0 Å². The largest absolute Gasteiger partial charge is 0.385 e. The van der Waals surface area contributed by atoms with Gasteiger partial charge in [-0.1, -0.05) is 6.92 Å². The highest BCUT2D eigenvalue weighted by molar-refractivity contribution is 5.76. The molecule has 0 saturated carbocycles. The molecule has 21 heavy (non-hydrogen) atoms. The van der Waals surface area contributed by atoms with Gasteiger partial charge in [0, 0.05) is 43.5 Å². The summed E-state index contributed by atoms with van der Waals surface area (Å²) in [6.45, 7) is 11.1. The number of hydrogen-bond donors (Lipinski definition) is 2. The second-order valence-corrected chi connectivity index (χ2v) is 5.27. The molecule has 4 heteroatoms. The Morgan fingerprint density at radius 2 is 1.76 bits per heavy atom. The van der Waals surface area contributed by atoms with Crippen LogP contribution in [0.15, 0.2) is 24.3 Å². The van der Waals surface area contributed by atoms with Crippen molar-refractivity contribution >= 4 is 17.3 Å². The zero-order chi connectivity index (χ0) is 15.7. The molecular formula is C17H29N3O. The van der Waals surface area contributed by atoms with Crippen LogP contribution in [0.1, 0.15) is 40.5 Å². The van der Waals surface area contributed by atoms with Crippen LogP contribution in [0, 0.1) is 0 Å². The minimum atomic E-state index is 0.108. The van der Waals surface area contributed by atoms with E-state index < -0.39 is 0 Å². The third-order valence-corrected chi connectivity index (χ3v) is 3.70. The number of hydrogen-bond acceptors (Lipinski definition) is 3. The number of nitrogens with one attached hydrogen (secondary N) is 2. The molecule has 0 aliphatic carbocycles. The van der Waals surface area contributed by atoms with Crippen LogP contribution in [0.25, 0.3) is 0 Å². The van der Waals surface area contributed by atoms with Crippen LogP contribution in [0.2, 0.25) is 0 Å². The van der Waals surface area contributed by atoms with Gasteiger partial charge in [0.15, 0.2) is 0 Å². The summed E-state index contributed by atoms with van der Waals surface area (Å²) in [5, 5.41) is 6.26. The van der Waals surface area contributed by atoms with E-state index in [9.17, 15) is 4.79 Å². The summed E-state index contributed by atoms with van der Waals surface area (Å²) in [4.78, 5) is 14.0. The number of carbonyl (C=O) groups is 1. The van der Waals surface area contributed by atoms with Gasteiger partial charge >= 0.3 is 0 Å². The Morgan fingerprint density at radius 1 is 1.14 bits per heavy atom. The molecule has 0 fully saturated rings. The summed E-state index contributed by atoms with van der Waals surface area (Å²) in [6.07, 6.45) is 1.47. The van der Waals surface area contributed by atoms with Crippen molar-refractivity contribution in [2.24, 2.45) is 0 Å². The van der Waals surface area contributed by atoms with Gasteiger partial charge in [-0.3, -0.25) is 4.79 Å². The first-order chi connectivity index (χ1) is 10.1. The van der Waals surface area contributed by atoms with E-state index in [1.807, 2.05) is 6.92 Å². The first kappa shape index (κ1) is 17.3. The Hall–Kier alpha value is -1.71. The van der Waals surface area contributed by atoms with Crippen molar-refractivity contribution in [3.8, 4) is 0 Å². The van der Waals surface area contributed by atoms with E-state index in [1.165, 1.54) is 5.69 Å². The lowest BCUT2D eigenvalue weighted by Crippen LogP contribution is -2.32. The number of amides is 1. The lowest BCUT2D eigenvalue weighted by molar-refractivity contribution is -0.121. The van der Waals surface area contributed by atoms with Crippen LogP contribution in [-0.2, 0) is 4.79 Å². The quantitative estimate of drug-likeness (QED) is 0.734. The molecule has 0 radical (unpaired) electrons. The van der Waals surface area contributed by atoms with Crippen LogP contribution >= 0.6 is 0 Å². The fraction of sp³-hybridized carbons (Fsp3) is 0.588. The van der Waals surface area contributed by atoms with Crippen molar-refractivity contribution in [2.75, 3.05) is 29.9 Å². The van der Waals surface area contributed by atoms with Crippen molar-refractivity contribution in [3.63, 3.8) is 0 Å². The predicted octanol–water partition coefficient (Wildman–Crippen LogP) is 3.25. The SMILES string of the molecule is CCC(C)NC(=O)CCNc1ccc(N(CC)CC)cc1. The van der Waals surface area contributed by atoms with Crippen molar-refractivity contribution in [1.82, 2.24) is 5.32 Å². The minimum Gasteiger partial charge on any atom is -0.385 e. The Bertz CT molecular complexity index is 413. The number of anilines is 2. The predicted molar refractivity (Wildman–Crippen MR) is 91.0 cm³/mol. The van der Waals surface area contributed by atoms with Gasteiger partial charge in [-0.05, 0) is 51.5 Å². The van der Waals surface area contributed by atoms with E-state index in [0.29, 0.717) is 13.0 Å². The van der Waals surface area contributed by atoms with E-state index >= 15 is 0 Å². The topological polar surface area (TPSA) is 44.4 Å². The lowest BCUT2D eigenvalue weighted by Gasteiger charge is -2.21. The van der Waals surface area contributed by atoms with Gasteiger partial charge in [0.05, 0.1) is 0 Å². The van der Waals surface area contributed by atoms with Crippen LogP contribution < -0.4 is 15.5 Å². The molecule has 2 N–H and O–H groups in total. The smallest absolute Gasteiger partial charge is 0.221 e. The Labute approximate surface area is 128 Å². The molecule has 1 unspecified atom stereocenters. The van der Waals surface area contributed by atoms with Crippen molar-refractivity contribution in [1.29, 1.82) is 0 Å². The number of rotatable bonds is 9. The monoisotopic (exact) mass is 291 g/mol. The Morgan fingerprint density at radius 3 is 2.29 bits per heavy atom. The van der Waals surface area contributed by atoms with Gasteiger partial charge in [-0.2, -0.15) is 0 Å². The Balaban J connectivity index is 2.38. The standard InChI is InChI=1S/C17H29N3O/c1-5-14(4)19-17(21)12-13-18-15-8-10-16(11-9-15)20(6-2)7-3/h8-11,14,18H,5-7,12-13H2,1-4H3,(H,19,21). The molecule has 0 aromatic heterocycles. The van der Waals surface area contributed by atoms with Crippen molar-refractivity contribution in [3.05, 3.63) is 24.3 Å². The molecule has 0 bridgehead atoms. The molecule has 0 heterocycles. The molecule has 1 amide bonds. The summed E-state index contributed by atoms with van der Waals surface area (Å²) in [6, 6.07) is 8.63. The molecule has 0 spiro atoms. The van der Waals surface area contributed by atoms with Crippen LogP contribution in [0.3, 0.4) is 0 Å². The third kappa shape index (κ3) is 6.06. The number of carbonyl (C=O) groups excluding carboxylic acids is 1. The van der Waals surface area contributed by atoms with Crippen LogP contribution in [-0.4, -0.2) is 31.6 Å². The first-order valence-electron chi connectivity index (χ1n) is 7.98. The maximum absolute atomic E-state index is 11.7. The highest BCUT2D eigenvalue weighted by atomic mass is 16.1. The first-order valence-corrected chi connectivity index (χ1v) is 7.98.